The van der Waals surface area contributed by atoms with Gasteiger partial charge in [0.15, 0.2) is 0 Å². The lowest BCUT2D eigenvalue weighted by molar-refractivity contribution is 0.0981. The molecular weight excluding hydrogens is 426 g/mol. The highest BCUT2D eigenvalue weighted by Gasteiger charge is 2.22. The first-order valence-electron chi connectivity index (χ1n) is 8.27. The molecule has 0 fully saturated rings. The fraction of sp³-hybridized carbons (Fsp3) is 0.0952. The predicted molar refractivity (Wildman–Crippen MR) is 110 cm³/mol. The minimum absolute atomic E-state index is 0.0558. The lowest BCUT2D eigenvalue weighted by Gasteiger charge is -2.14. The van der Waals surface area contributed by atoms with E-state index in [9.17, 15) is 13.2 Å². The van der Waals surface area contributed by atoms with Crippen molar-refractivity contribution >= 4 is 31.9 Å². The zero-order valence-corrected chi connectivity index (χ0v) is 17.3. The quantitative estimate of drug-likeness (QED) is 0.626. The Kier molecular flexibility index (Phi) is 5.48. The number of amides is 1. The van der Waals surface area contributed by atoms with Crippen molar-refractivity contribution in [2.75, 3.05) is 0 Å². The van der Waals surface area contributed by atoms with E-state index < -0.39 is 15.9 Å². The van der Waals surface area contributed by atoms with E-state index in [2.05, 4.69) is 20.7 Å². The first kappa shape index (κ1) is 19.3. The summed E-state index contributed by atoms with van der Waals surface area (Å²) in [6, 6.07) is 19.3. The van der Waals surface area contributed by atoms with Crippen molar-refractivity contribution in [1.82, 2.24) is 4.72 Å². The van der Waals surface area contributed by atoms with Gasteiger partial charge in [-0.25, -0.2) is 13.1 Å². The highest BCUT2D eigenvalue weighted by Crippen LogP contribution is 2.28. The monoisotopic (exact) mass is 443 g/mol. The molecule has 0 radical (unpaired) electrons. The highest BCUT2D eigenvalue weighted by atomic mass is 79.9. The van der Waals surface area contributed by atoms with Gasteiger partial charge >= 0.3 is 0 Å². The van der Waals surface area contributed by atoms with Gasteiger partial charge < -0.3 is 0 Å². The molecule has 0 unspecified atom stereocenters. The average Bonchev–Trinajstić information content (AvgIpc) is 2.62. The van der Waals surface area contributed by atoms with E-state index in [0.717, 1.165) is 15.6 Å². The molecule has 0 spiro atoms. The number of hydrogen-bond acceptors (Lipinski definition) is 3. The number of halogens is 1. The third-order valence-corrected chi connectivity index (χ3v) is 6.09. The third-order valence-electron chi connectivity index (χ3n) is 4.21. The Labute approximate surface area is 167 Å². The second-order valence-corrected chi connectivity index (χ2v) is 8.85. The number of rotatable bonds is 4. The summed E-state index contributed by atoms with van der Waals surface area (Å²) in [5.74, 6) is -0.647. The molecule has 0 saturated heterocycles. The lowest BCUT2D eigenvalue weighted by atomic mass is 9.96. The third kappa shape index (κ3) is 4.28. The van der Waals surface area contributed by atoms with Gasteiger partial charge in [-0.05, 0) is 54.8 Å². The van der Waals surface area contributed by atoms with Gasteiger partial charge in [0.1, 0.15) is 0 Å². The zero-order valence-electron chi connectivity index (χ0n) is 14.9. The van der Waals surface area contributed by atoms with Gasteiger partial charge in [0.05, 0.1) is 10.5 Å². The van der Waals surface area contributed by atoms with Crippen LogP contribution < -0.4 is 4.72 Å². The van der Waals surface area contributed by atoms with Gasteiger partial charge in [-0.2, -0.15) is 0 Å². The van der Waals surface area contributed by atoms with Gasteiger partial charge in [0.25, 0.3) is 15.9 Å². The molecule has 3 rings (SSSR count). The number of nitrogens with one attached hydrogen (secondary N) is 1. The van der Waals surface area contributed by atoms with E-state index in [1.165, 1.54) is 12.1 Å². The van der Waals surface area contributed by atoms with Crippen molar-refractivity contribution in [2.24, 2.45) is 0 Å². The van der Waals surface area contributed by atoms with Crippen LogP contribution >= 0.6 is 15.9 Å². The van der Waals surface area contributed by atoms with Crippen LogP contribution in [0.4, 0.5) is 0 Å². The summed E-state index contributed by atoms with van der Waals surface area (Å²) in [7, 11) is -3.95. The molecular formula is C21H18BrNO3S. The summed E-state index contributed by atoms with van der Waals surface area (Å²) in [4.78, 5) is 12.9. The second kappa shape index (κ2) is 7.66. The number of aryl methyl sites for hydroxylation is 2. The SMILES string of the molecule is Cc1ccc(S(=O)(=O)NC(=O)c2c(C)cccc2-c2ccc(Br)cc2)cc1. The van der Waals surface area contributed by atoms with Crippen LogP contribution in [0.2, 0.25) is 0 Å². The Bertz CT molecular complexity index is 1090. The van der Waals surface area contributed by atoms with Crippen LogP contribution in [0.1, 0.15) is 21.5 Å². The molecule has 0 aliphatic carbocycles. The van der Waals surface area contributed by atoms with Gasteiger partial charge in [0.2, 0.25) is 0 Å². The Morgan fingerprint density at radius 2 is 1.52 bits per heavy atom. The molecule has 27 heavy (non-hydrogen) atoms. The summed E-state index contributed by atoms with van der Waals surface area (Å²) in [6.07, 6.45) is 0. The van der Waals surface area contributed by atoms with Crippen LogP contribution in [0.15, 0.2) is 76.1 Å². The molecule has 3 aromatic rings. The van der Waals surface area contributed by atoms with Crippen molar-refractivity contribution in [3.05, 3.63) is 87.9 Å². The number of carbonyl (C=O) groups is 1. The summed E-state index contributed by atoms with van der Waals surface area (Å²) >= 11 is 3.39. The Morgan fingerprint density at radius 1 is 0.889 bits per heavy atom. The maximum atomic E-state index is 12.9. The van der Waals surface area contributed by atoms with Crippen LogP contribution in [0.5, 0.6) is 0 Å². The normalized spacial score (nSPS) is 11.2. The summed E-state index contributed by atoms with van der Waals surface area (Å²) in [5, 5.41) is 0. The fourth-order valence-electron chi connectivity index (χ4n) is 2.79. The van der Waals surface area contributed by atoms with E-state index in [1.807, 2.05) is 43.3 Å². The molecule has 4 nitrogen and oxygen atoms in total. The summed E-state index contributed by atoms with van der Waals surface area (Å²) < 4.78 is 28.3. The largest absolute Gasteiger partial charge is 0.268 e. The summed E-state index contributed by atoms with van der Waals surface area (Å²) in [6.45, 7) is 3.66. The standard InChI is InChI=1S/C21H18BrNO3S/c1-14-6-12-18(13-7-14)27(25,26)23-21(24)20-15(2)4-3-5-19(20)16-8-10-17(22)11-9-16/h3-13H,1-2H3,(H,23,24). The molecule has 138 valence electrons. The number of benzene rings is 3. The molecule has 6 heteroatoms. The van der Waals surface area contributed by atoms with Gasteiger partial charge in [0, 0.05) is 4.47 Å². The van der Waals surface area contributed by atoms with Gasteiger partial charge in [-0.3, -0.25) is 4.79 Å². The maximum Gasteiger partial charge on any atom is 0.265 e. The van der Waals surface area contributed by atoms with E-state index in [4.69, 9.17) is 0 Å². The number of hydrogen-bond donors (Lipinski definition) is 1. The molecule has 1 amide bonds. The molecule has 3 aromatic carbocycles. The van der Waals surface area contributed by atoms with Crippen LogP contribution in [-0.4, -0.2) is 14.3 Å². The second-order valence-electron chi connectivity index (χ2n) is 6.25. The van der Waals surface area contributed by atoms with Gasteiger partial charge in [-0.1, -0.05) is 64.0 Å². The van der Waals surface area contributed by atoms with Crippen LogP contribution in [0, 0.1) is 13.8 Å². The number of carbonyl (C=O) groups excluding carboxylic acids is 1. The Morgan fingerprint density at radius 3 is 2.15 bits per heavy atom. The molecule has 0 bridgehead atoms. The molecule has 1 N–H and O–H groups in total. The Balaban J connectivity index is 2.00. The van der Waals surface area contributed by atoms with Crippen molar-refractivity contribution in [3.8, 4) is 11.1 Å². The van der Waals surface area contributed by atoms with Crippen molar-refractivity contribution < 1.29 is 13.2 Å². The van der Waals surface area contributed by atoms with Crippen LogP contribution in [0.25, 0.3) is 11.1 Å². The van der Waals surface area contributed by atoms with Gasteiger partial charge in [-0.15, -0.1) is 0 Å². The van der Waals surface area contributed by atoms with Crippen LogP contribution in [0.3, 0.4) is 0 Å². The maximum absolute atomic E-state index is 12.9. The van der Waals surface area contributed by atoms with Crippen molar-refractivity contribution in [3.63, 3.8) is 0 Å². The first-order valence-corrected chi connectivity index (χ1v) is 10.5. The molecule has 0 atom stereocenters. The highest BCUT2D eigenvalue weighted by molar-refractivity contribution is 9.10. The van der Waals surface area contributed by atoms with Crippen molar-refractivity contribution in [2.45, 2.75) is 18.7 Å². The summed E-state index contributed by atoms with van der Waals surface area (Å²) in [5.41, 5.74) is 3.50. The minimum Gasteiger partial charge on any atom is -0.268 e. The van der Waals surface area contributed by atoms with E-state index in [1.54, 1.807) is 25.1 Å². The Hall–Kier alpha value is -2.44. The zero-order chi connectivity index (χ0) is 19.6. The number of sulfonamides is 1. The molecule has 0 aliphatic heterocycles. The van der Waals surface area contributed by atoms with E-state index in [0.29, 0.717) is 16.7 Å². The molecule has 0 saturated carbocycles. The van der Waals surface area contributed by atoms with E-state index in [-0.39, 0.29) is 4.90 Å². The molecule has 0 aliphatic rings. The fourth-order valence-corrected chi connectivity index (χ4v) is 4.01. The molecule has 0 heterocycles. The smallest absolute Gasteiger partial charge is 0.265 e. The lowest BCUT2D eigenvalue weighted by Crippen LogP contribution is -2.31. The minimum atomic E-state index is -3.95. The molecule has 0 aromatic heterocycles. The van der Waals surface area contributed by atoms with E-state index >= 15 is 0 Å². The average molecular weight is 444 g/mol. The van der Waals surface area contributed by atoms with Crippen LogP contribution in [-0.2, 0) is 10.0 Å². The predicted octanol–water partition coefficient (Wildman–Crippen LogP) is 4.85. The van der Waals surface area contributed by atoms with Crippen molar-refractivity contribution in [1.29, 1.82) is 0 Å². The topological polar surface area (TPSA) is 63.2 Å². The first-order chi connectivity index (χ1) is 12.8.